The Hall–Kier alpha value is -2.28. The lowest BCUT2D eigenvalue weighted by Gasteiger charge is -2.00. The largest absolute Gasteiger partial charge is 0.481 e. The van der Waals surface area contributed by atoms with E-state index in [-0.39, 0.29) is 16.4 Å². The first-order valence-corrected chi connectivity index (χ1v) is 6.55. The van der Waals surface area contributed by atoms with Gasteiger partial charge in [-0.25, -0.2) is 14.8 Å². The number of methoxy groups -OCH3 is 1. The van der Waals surface area contributed by atoms with Gasteiger partial charge >= 0.3 is 5.97 Å². The van der Waals surface area contributed by atoms with Gasteiger partial charge in [-0.15, -0.1) is 11.3 Å². The summed E-state index contributed by atoms with van der Waals surface area (Å²) in [7, 11) is 1.53. The highest BCUT2D eigenvalue weighted by Gasteiger charge is 2.20. The number of aromatic carboxylic acids is 1. The van der Waals surface area contributed by atoms with Gasteiger partial charge in [-0.05, 0) is 5.56 Å². The van der Waals surface area contributed by atoms with Crippen LogP contribution in [0.15, 0.2) is 18.3 Å². The molecule has 104 valence electrons. The molecule has 0 amide bonds. The van der Waals surface area contributed by atoms with Gasteiger partial charge in [-0.1, -0.05) is 6.07 Å². The van der Waals surface area contributed by atoms with Gasteiger partial charge in [-0.2, -0.15) is 0 Å². The van der Waals surface area contributed by atoms with Crippen molar-refractivity contribution in [1.82, 2.24) is 9.97 Å². The van der Waals surface area contributed by atoms with Crippen LogP contribution >= 0.6 is 11.3 Å². The monoisotopic (exact) mass is 292 g/mol. The molecule has 0 atom stereocenters. The molecule has 0 unspecified atom stereocenters. The minimum absolute atomic E-state index is 0.175. The number of Topliss-reactive ketones (excluding diaryl/α,β-unsaturated/α-hetero) is 1. The Morgan fingerprint density at radius 1 is 1.40 bits per heavy atom. The number of carbonyl (C=O) groups is 2. The van der Waals surface area contributed by atoms with Crippen molar-refractivity contribution >= 4 is 23.1 Å². The number of ketones is 1. The van der Waals surface area contributed by atoms with E-state index < -0.39 is 5.97 Å². The fourth-order valence-corrected chi connectivity index (χ4v) is 2.62. The van der Waals surface area contributed by atoms with Gasteiger partial charge in [0.1, 0.15) is 4.88 Å². The Kier molecular flexibility index (Phi) is 4.09. The van der Waals surface area contributed by atoms with Crippen LogP contribution < -0.4 is 4.74 Å². The summed E-state index contributed by atoms with van der Waals surface area (Å²) in [6.07, 6.45) is 2.06. The number of hydrogen-bond donors (Lipinski definition) is 1. The molecule has 2 aromatic rings. The van der Waals surface area contributed by atoms with Gasteiger partial charge in [0.2, 0.25) is 5.88 Å². The van der Waals surface area contributed by atoms with Crippen LogP contribution in [-0.2, 0) is 6.42 Å². The molecule has 0 bridgehead atoms. The minimum Gasteiger partial charge on any atom is -0.481 e. The summed E-state index contributed by atoms with van der Waals surface area (Å²) in [5.41, 5.74) is 0.686. The van der Waals surface area contributed by atoms with Crippen molar-refractivity contribution in [3.63, 3.8) is 0 Å². The fraction of sp³-hybridized carbons (Fsp3) is 0.231. The van der Waals surface area contributed by atoms with E-state index in [9.17, 15) is 9.59 Å². The molecule has 0 saturated carbocycles. The number of aromatic nitrogens is 2. The topological polar surface area (TPSA) is 89.4 Å². The van der Waals surface area contributed by atoms with E-state index in [1.807, 2.05) is 6.07 Å². The lowest BCUT2D eigenvalue weighted by Crippen LogP contribution is -2.03. The molecule has 7 heteroatoms. The second kappa shape index (κ2) is 5.79. The molecule has 0 aliphatic heterocycles. The maximum absolute atomic E-state index is 11.4. The molecule has 2 aromatic heterocycles. The number of carbonyl (C=O) groups excluding carboxylic acids is 1. The molecule has 2 rings (SSSR count). The number of carboxylic acids is 1. The molecule has 0 fully saturated rings. The van der Waals surface area contributed by atoms with Crippen molar-refractivity contribution in [3.8, 4) is 5.88 Å². The van der Waals surface area contributed by atoms with Gasteiger partial charge in [0.15, 0.2) is 11.5 Å². The maximum atomic E-state index is 11.4. The molecular weight excluding hydrogens is 280 g/mol. The molecule has 0 spiro atoms. The summed E-state index contributed by atoms with van der Waals surface area (Å²) >= 11 is 1.10. The van der Waals surface area contributed by atoms with Crippen molar-refractivity contribution < 1.29 is 19.4 Å². The fourth-order valence-electron chi connectivity index (χ4n) is 1.63. The predicted octanol–water partition coefficient (Wildman–Crippen LogP) is 2.04. The first-order valence-electron chi connectivity index (χ1n) is 5.74. The standard InChI is InChI=1S/C13H12N2O4S/c1-7(16)12-11(13(17)18)15-10(20-12)5-8-3-4-9(19-2)14-6-8/h3-4,6H,5H2,1-2H3,(H,17,18). The number of hydrogen-bond acceptors (Lipinski definition) is 6. The number of thiazole rings is 1. The highest BCUT2D eigenvalue weighted by Crippen LogP contribution is 2.22. The summed E-state index contributed by atoms with van der Waals surface area (Å²) in [5, 5.41) is 9.59. The molecule has 0 radical (unpaired) electrons. The van der Waals surface area contributed by atoms with Crippen molar-refractivity contribution in [2.45, 2.75) is 13.3 Å². The van der Waals surface area contributed by atoms with Crippen LogP contribution in [0.1, 0.15) is 37.7 Å². The zero-order valence-corrected chi connectivity index (χ0v) is 11.7. The number of nitrogens with zero attached hydrogens (tertiary/aromatic N) is 2. The third kappa shape index (κ3) is 3.00. The van der Waals surface area contributed by atoms with Crippen LogP contribution in [0.5, 0.6) is 5.88 Å². The van der Waals surface area contributed by atoms with E-state index in [2.05, 4.69) is 9.97 Å². The third-order valence-corrected chi connectivity index (χ3v) is 3.71. The molecule has 1 N–H and O–H groups in total. The van der Waals surface area contributed by atoms with E-state index in [1.54, 1.807) is 12.3 Å². The van der Waals surface area contributed by atoms with E-state index in [0.717, 1.165) is 16.9 Å². The number of rotatable bonds is 5. The lowest BCUT2D eigenvalue weighted by atomic mass is 10.2. The number of ether oxygens (including phenoxy) is 1. The van der Waals surface area contributed by atoms with Gasteiger partial charge in [0.05, 0.1) is 12.1 Å². The first kappa shape index (κ1) is 14.1. The Morgan fingerprint density at radius 3 is 2.60 bits per heavy atom. The molecule has 0 aliphatic rings. The molecule has 6 nitrogen and oxygen atoms in total. The number of carboxylic acid groups (broad SMARTS) is 1. The quantitative estimate of drug-likeness (QED) is 0.848. The average Bonchev–Trinajstić information content (AvgIpc) is 2.84. The van der Waals surface area contributed by atoms with Crippen molar-refractivity contribution in [2.24, 2.45) is 0 Å². The molecule has 0 saturated heterocycles. The maximum Gasteiger partial charge on any atom is 0.356 e. The van der Waals surface area contributed by atoms with Crippen LogP contribution in [-0.4, -0.2) is 33.9 Å². The molecule has 0 aliphatic carbocycles. The highest BCUT2D eigenvalue weighted by molar-refractivity contribution is 7.14. The van der Waals surface area contributed by atoms with E-state index >= 15 is 0 Å². The Balaban J connectivity index is 2.26. The van der Waals surface area contributed by atoms with E-state index in [0.29, 0.717) is 17.3 Å². The summed E-state index contributed by atoms with van der Waals surface area (Å²) in [6.45, 7) is 1.33. The third-order valence-electron chi connectivity index (χ3n) is 2.56. The van der Waals surface area contributed by atoms with E-state index in [1.165, 1.54) is 14.0 Å². The van der Waals surface area contributed by atoms with Gasteiger partial charge in [-0.3, -0.25) is 4.79 Å². The highest BCUT2D eigenvalue weighted by atomic mass is 32.1. The van der Waals surface area contributed by atoms with Gasteiger partial charge in [0.25, 0.3) is 0 Å². The summed E-state index contributed by atoms with van der Waals surface area (Å²) in [5.74, 6) is -0.979. The van der Waals surface area contributed by atoms with Crippen LogP contribution in [0.2, 0.25) is 0 Å². The summed E-state index contributed by atoms with van der Waals surface area (Å²) in [6, 6.07) is 3.54. The second-order valence-electron chi connectivity index (χ2n) is 4.03. The lowest BCUT2D eigenvalue weighted by molar-refractivity contribution is 0.0687. The first-order chi connectivity index (χ1) is 9.51. The minimum atomic E-state index is -1.19. The summed E-state index contributed by atoms with van der Waals surface area (Å²) < 4.78 is 4.96. The SMILES string of the molecule is COc1ccc(Cc2nc(C(=O)O)c(C(C)=O)s2)cn1. The van der Waals surface area contributed by atoms with Crippen molar-refractivity contribution in [3.05, 3.63) is 39.5 Å². The summed E-state index contributed by atoms with van der Waals surface area (Å²) in [4.78, 5) is 30.7. The van der Waals surface area contributed by atoms with E-state index in [4.69, 9.17) is 9.84 Å². The van der Waals surface area contributed by atoms with Crippen molar-refractivity contribution in [2.75, 3.05) is 7.11 Å². The molecule has 2 heterocycles. The normalized spacial score (nSPS) is 10.3. The average molecular weight is 292 g/mol. The Bertz CT molecular complexity index is 617. The zero-order chi connectivity index (χ0) is 14.7. The van der Waals surface area contributed by atoms with Crippen LogP contribution in [0, 0.1) is 0 Å². The smallest absolute Gasteiger partial charge is 0.356 e. The zero-order valence-electron chi connectivity index (χ0n) is 10.9. The number of pyridine rings is 1. The van der Waals surface area contributed by atoms with Crippen LogP contribution in [0.25, 0.3) is 0 Å². The van der Waals surface area contributed by atoms with Gasteiger partial charge in [0, 0.05) is 25.6 Å². The van der Waals surface area contributed by atoms with Crippen LogP contribution in [0.4, 0.5) is 0 Å². The Labute approximate surface area is 119 Å². The Morgan fingerprint density at radius 2 is 2.15 bits per heavy atom. The molecular formula is C13H12N2O4S. The second-order valence-corrected chi connectivity index (χ2v) is 5.12. The molecule has 0 aromatic carbocycles. The van der Waals surface area contributed by atoms with Crippen molar-refractivity contribution in [1.29, 1.82) is 0 Å². The molecule has 20 heavy (non-hydrogen) atoms. The predicted molar refractivity (Wildman–Crippen MR) is 72.7 cm³/mol. The van der Waals surface area contributed by atoms with Gasteiger partial charge < -0.3 is 9.84 Å². The van der Waals surface area contributed by atoms with Crippen LogP contribution in [0.3, 0.4) is 0 Å².